The number of ether oxygens (including phenoxy) is 1. The van der Waals surface area contributed by atoms with Crippen molar-refractivity contribution in [2.75, 3.05) is 7.11 Å². The zero-order chi connectivity index (χ0) is 25.8. The van der Waals surface area contributed by atoms with Gasteiger partial charge in [-0.3, -0.25) is 0 Å². The molecule has 2 aliphatic rings. The third kappa shape index (κ3) is 3.73. The maximum Gasteiger partial charge on any atom is 0.345 e. The molecule has 0 saturated heterocycles. The van der Waals surface area contributed by atoms with E-state index in [2.05, 4.69) is 41.0 Å². The Labute approximate surface area is 225 Å². The van der Waals surface area contributed by atoms with Crippen molar-refractivity contribution in [2.45, 2.75) is 57.4 Å². The van der Waals surface area contributed by atoms with Crippen LogP contribution in [0.1, 0.15) is 65.2 Å². The summed E-state index contributed by atoms with van der Waals surface area (Å²) in [6.07, 6.45) is 8.16. The molecule has 38 heavy (non-hydrogen) atoms. The minimum atomic E-state index is -0.825. The zero-order valence-corrected chi connectivity index (χ0v) is 22.3. The topological polar surface area (TPSA) is 64.3 Å². The second-order valence-corrected chi connectivity index (χ2v) is 11.6. The third-order valence-electron chi connectivity index (χ3n) is 8.43. The fourth-order valence-corrected chi connectivity index (χ4v) is 7.76. The summed E-state index contributed by atoms with van der Waals surface area (Å²) in [5.41, 5.74) is 9.54. The summed E-state index contributed by atoms with van der Waals surface area (Å²) in [5.74, 6) is 0.501. The molecule has 0 radical (unpaired) electrons. The van der Waals surface area contributed by atoms with Crippen molar-refractivity contribution in [1.29, 1.82) is 0 Å². The highest BCUT2D eigenvalue weighted by Gasteiger charge is 2.31. The molecule has 192 valence electrons. The van der Waals surface area contributed by atoms with Gasteiger partial charge in [0.1, 0.15) is 10.6 Å². The van der Waals surface area contributed by atoms with E-state index < -0.39 is 5.97 Å². The summed E-state index contributed by atoms with van der Waals surface area (Å²) in [4.78, 5) is 17.4. The van der Waals surface area contributed by atoms with Crippen LogP contribution in [0.15, 0.2) is 54.6 Å². The molecule has 7 rings (SSSR count). The predicted octanol–water partition coefficient (Wildman–Crippen LogP) is 8.29. The van der Waals surface area contributed by atoms with Gasteiger partial charge < -0.3 is 14.4 Å². The lowest BCUT2D eigenvalue weighted by atomic mass is 9.82. The monoisotopic (exact) mass is 522 g/mol. The largest absolute Gasteiger partial charge is 0.497 e. The lowest BCUT2D eigenvalue weighted by molar-refractivity contribution is 0.0702. The van der Waals surface area contributed by atoms with Crippen LogP contribution in [0.5, 0.6) is 5.75 Å². The molecule has 5 nitrogen and oxygen atoms in total. The number of carboxylic acids is 1. The highest BCUT2D eigenvalue weighted by Crippen LogP contribution is 2.49. The van der Waals surface area contributed by atoms with Gasteiger partial charge in [0, 0.05) is 23.1 Å². The Kier molecular flexibility index (Phi) is 5.73. The lowest BCUT2D eigenvalue weighted by Crippen LogP contribution is -2.07. The number of thiophene rings is 1. The standard InChI is InChI=1S/C32H30N2O3S/c1-37-21-11-9-19(10-12-21)25-15-13-23-22-8-5-17-34-27-18-28(32(35)36)38-31(27)29(20-6-3-2-4-7-20)30(34)24(22)14-16-26(23)33-25/h9-16,18,20H,2-8,17H2,1H3,(H,35,36). The van der Waals surface area contributed by atoms with Crippen LogP contribution in [-0.4, -0.2) is 27.7 Å². The minimum Gasteiger partial charge on any atom is -0.497 e. The van der Waals surface area contributed by atoms with Crippen molar-refractivity contribution in [2.24, 2.45) is 0 Å². The van der Waals surface area contributed by atoms with Gasteiger partial charge in [0.05, 0.1) is 34.2 Å². The zero-order valence-electron chi connectivity index (χ0n) is 21.5. The number of carboxylic acid groups (broad SMARTS) is 1. The Hall–Kier alpha value is -3.64. The summed E-state index contributed by atoms with van der Waals surface area (Å²) in [7, 11) is 1.68. The van der Waals surface area contributed by atoms with E-state index in [-0.39, 0.29) is 0 Å². The van der Waals surface area contributed by atoms with Crippen molar-refractivity contribution in [3.05, 3.63) is 70.6 Å². The van der Waals surface area contributed by atoms with Crippen LogP contribution < -0.4 is 4.74 Å². The maximum atomic E-state index is 11.9. The van der Waals surface area contributed by atoms with Crippen LogP contribution in [0.4, 0.5) is 0 Å². The van der Waals surface area contributed by atoms with Crippen LogP contribution in [0.2, 0.25) is 0 Å². The van der Waals surface area contributed by atoms with Gasteiger partial charge in [-0.15, -0.1) is 11.3 Å². The van der Waals surface area contributed by atoms with Crippen molar-refractivity contribution in [3.63, 3.8) is 0 Å². The van der Waals surface area contributed by atoms with Gasteiger partial charge >= 0.3 is 5.97 Å². The highest BCUT2D eigenvalue weighted by atomic mass is 32.1. The van der Waals surface area contributed by atoms with E-state index in [1.807, 2.05) is 18.2 Å². The van der Waals surface area contributed by atoms with Crippen LogP contribution in [0.25, 0.3) is 43.6 Å². The number of aromatic carboxylic acids is 1. The summed E-state index contributed by atoms with van der Waals surface area (Å²) >= 11 is 1.46. The number of hydrogen-bond donors (Lipinski definition) is 1. The summed E-state index contributed by atoms with van der Waals surface area (Å²) < 4.78 is 8.93. The Morgan fingerprint density at radius 1 is 1.03 bits per heavy atom. The number of rotatable bonds is 4. The lowest BCUT2D eigenvalue weighted by Gasteiger charge is -2.24. The fraction of sp³-hybridized carbons (Fsp3) is 0.312. The molecule has 2 aromatic carbocycles. The van der Waals surface area contributed by atoms with Crippen LogP contribution in [0.3, 0.4) is 0 Å². The van der Waals surface area contributed by atoms with Gasteiger partial charge in [0.25, 0.3) is 0 Å². The summed E-state index contributed by atoms with van der Waals surface area (Å²) in [6.45, 7) is 0.905. The van der Waals surface area contributed by atoms with Gasteiger partial charge in [0.15, 0.2) is 0 Å². The molecule has 1 aliphatic heterocycles. The molecule has 0 spiro atoms. The molecule has 4 heterocycles. The average molecular weight is 523 g/mol. The molecule has 1 saturated carbocycles. The van der Waals surface area contributed by atoms with Crippen LogP contribution in [-0.2, 0) is 13.0 Å². The number of pyridine rings is 1. The van der Waals surface area contributed by atoms with Crippen LogP contribution >= 0.6 is 11.3 Å². The predicted molar refractivity (Wildman–Crippen MR) is 154 cm³/mol. The number of aryl methyl sites for hydroxylation is 2. The summed E-state index contributed by atoms with van der Waals surface area (Å²) in [6, 6.07) is 18.8. The molecule has 1 aliphatic carbocycles. The van der Waals surface area contributed by atoms with E-state index >= 15 is 0 Å². The second-order valence-electron chi connectivity index (χ2n) is 10.6. The van der Waals surface area contributed by atoms with E-state index in [4.69, 9.17) is 9.72 Å². The number of fused-ring (bicyclic) bond motifs is 7. The smallest absolute Gasteiger partial charge is 0.345 e. The molecular formula is C32H30N2O3S. The first kappa shape index (κ1) is 23.5. The quantitative estimate of drug-likeness (QED) is 0.258. The van der Waals surface area contributed by atoms with Crippen molar-refractivity contribution >= 4 is 38.4 Å². The number of nitrogens with zero attached hydrogens (tertiary/aromatic N) is 2. The molecule has 0 atom stereocenters. The number of hydrogen-bond acceptors (Lipinski definition) is 4. The second kappa shape index (κ2) is 9.28. The van der Waals surface area contributed by atoms with Gasteiger partial charge in [-0.2, -0.15) is 0 Å². The van der Waals surface area contributed by atoms with Gasteiger partial charge in [-0.05, 0) is 85.2 Å². The van der Waals surface area contributed by atoms with Gasteiger partial charge in [-0.1, -0.05) is 31.4 Å². The van der Waals surface area contributed by atoms with E-state index in [9.17, 15) is 9.90 Å². The Morgan fingerprint density at radius 2 is 1.84 bits per heavy atom. The molecule has 5 aromatic rings. The van der Waals surface area contributed by atoms with E-state index in [1.165, 1.54) is 75.9 Å². The van der Waals surface area contributed by atoms with Crippen molar-refractivity contribution in [1.82, 2.24) is 9.55 Å². The molecular weight excluding hydrogens is 492 g/mol. The molecule has 6 heteroatoms. The van der Waals surface area contributed by atoms with Crippen LogP contribution in [0, 0.1) is 0 Å². The molecule has 0 amide bonds. The Balaban J connectivity index is 1.41. The third-order valence-corrected chi connectivity index (χ3v) is 9.57. The minimum absolute atomic E-state index is 0.445. The normalized spacial score (nSPS) is 15.8. The first-order valence-electron chi connectivity index (χ1n) is 13.6. The average Bonchev–Trinajstić information content (AvgIpc) is 3.45. The number of benzene rings is 2. The fourth-order valence-electron chi connectivity index (χ4n) is 6.64. The summed E-state index contributed by atoms with van der Waals surface area (Å²) in [5, 5.41) is 11.0. The number of aromatic nitrogens is 2. The molecule has 0 bridgehead atoms. The van der Waals surface area contributed by atoms with E-state index in [1.54, 1.807) is 7.11 Å². The molecule has 1 fully saturated rings. The number of methoxy groups -OCH3 is 1. The molecule has 3 aromatic heterocycles. The van der Waals surface area contributed by atoms with E-state index in [0.29, 0.717) is 10.8 Å². The number of carbonyl (C=O) groups is 1. The van der Waals surface area contributed by atoms with Crippen molar-refractivity contribution < 1.29 is 14.6 Å². The highest BCUT2D eigenvalue weighted by molar-refractivity contribution is 7.21. The Morgan fingerprint density at radius 3 is 2.61 bits per heavy atom. The van der Waals surface area contributed by atoms with Gasteiger partial charge in [0.2, 0.25) is 0 Å². The Bertz CT molecular complexity index is 1690. The van der Waals surface area contributed by atoms with Gasteiger partial charge in [-0.25, -0.2) is 9.78 Å². The molecule has 0 unspecified atom stereocenters. The maximum absolute atomic E-state index is 11.9. The van der Waals surface area contributed by atoms with Crippen molar-refractivity contribution in [3.8, 4) is 28.3 Å². The first-order valence-corrected chi connectivity index (χ1v) is 14.4. The first-order chi connectivity index (χ1) is 18.6. The SMILES string of the molecule is COc1ccc(-c2ccc3c4c(ccc3n2)-c2c(C3CCCCC3)c3sc(C(=O)O)cc3n2CCC4)cc1. The molecule has 1 N–H and O–H groups in total. The van der Waals surface area contributed by atoms with E-state index in [0.717, 1.165) is 47.4 Å².